The zero-order valence-corrected chi connectivity index (χ0v) is 17.9. The summed E-state index contributed by atoms with van der Waals surface area (Å²) in [7, 11) is 3.43. The Balaban J connectivity index is 1.38. The molecule has 1 aliphatic heterocycles. The molecule has 162 valence electrons. The van der Waals surface area contributed by atoms with Crippen molar-refractivity contribution in [3.8, 4) is 5.75 Å². The van der Waals surface area contributed by atoms with E-state index in [1.54, 1.807) is 28.8 Å². The predicted molar refractivity (Wildman–Crippen MR) is 117 cm³/mol. The van der Waals surface area contributed by atoms with Crippen molar-refractivity contribution in [2.24, 2.45) is 0 Å². The first-order valence-corrected chi connectivity index (χ1v) is 10.5. The highest BCUT2D eigenvalue weighted by Crippen LogP contribution is 2.20. The molecule has 3 aromatic rings. The first kappa shape index (κ1) is 20.8. The predicted octanol–water partition coefficient (Wildman–Crippen LogP) is 2.59. The third-order valence-electron chi connectivity index (χ3n) is 5.94. The summed E-state index contributed by atoms with van der Waals surface area (Å²) in [6, 6.07) is 14.9. The molecule has 1 atom stereocenters. The number of carbonyl (C=O) groups is 2. The highest BCUT2D eigenvalue weighted by Gasteiger charge is 2.26. The Morgan fingerprint density at radius 3 is 2.81 bits per heavy atom. The van der Waals surface area contributed by atoms with Crippen LogP contribution in [0.2, 0.25) is 0 Å². The normalized spacial score (nSPS) is 16.7. The zero-order chi connectivity index (χ0) is 21.8. The number of nitrogens with zero attached hydrogens (tertiary/aromatic N) is 5. The van der Waals surface area contributed by atoms with Crippen LogP contribution in [-0.2, 0) is 11.3 Å². The molecule has 0 aliphatic carbocycles. The van der Waals surface area contributed by atoms with Gasteiger partial charge in [-0.25, -0.2) is 4.68 Å². The molecule has 0 N–H and O–H groups in total. The lowest BCUT2D eigenvalue weighted by Crippen LogP contribution is -2.39. The molecular weight excluding hydrogens is 394 g/mol. The monoisotopic (exact) mass is 421 g/mol. The van der Waals surface area contributed by atoms with E-state index in [9.17, 15) is 9.59 Å². The summed E-state index contributed by atoms with van der Waals surface area (Å²) in [5, 5.41) is 8.24. The topological polar surface area (TPSA) is 80.6 Å². The summed E-state index contributed by atoms with van der Waals surface area (Å²) in [6.45, 7) is 1.47. The fourth-order valence-electron chi connectivity index (χ4n) is 4.10. The van der Waals surface area contributed by atoms with Gasteiger partial charge < -0.3 is 14.5 Å². The summed E-state index contributed by atoms with van der Waals surface area (Å²) in [5.74, 6) is 0.661. The molecule has 1 aromatic heterocycles. The van der Waals surface area contributed by atoms with Gasteiger partial charge in [0.1, 0.15) is 17.8 Å². The Bertz CT molecular complexity index is 1080. The van der Waals surface area contributed by atoms with E-state index < -0.39 is 0 Å². The smallest absolute Gasteiger partial charge is 0.253 e. The molecule has 0 radical (unpaired) electrons. The van der Waals surface area contributed by atoms with Gasteiger partial charge in [-0.05, 0) is 49.6 Å². The molecule has 31 heavy (non-hydrogen) atoms. The van der Waals surface area contributed by atoms with Crippen molar-refractivity contribution in [1.29, 1.82) is 0 Å². The molecule has 0 bridgehead atoms. The van der Waals surface area contributed by atoms with Gasteiger partial charge in [-0.3, -0.25) is 9.59 Å². The lowest BCUT2D eigenvalue weighted by molar-refractivity contribution is -0.131. The van der Waals surface area contributed by atoms with Crippen molar-refractivity contribution in [3.63, 3.8) is 0 Å². The van der Waals surface area contributed by atoms with Gasteiger partial charge in [0.25, 0.3) is 5.91 Å². The second kappa shape index (κ2) is 9.16. The van der Waals surface area contributed by atoms with Gasteiger partial charge in [0.15, 0.2) is 0 Å². The number of amides is 2. The van der Waals surface area contributed by atoms with Crippen LogP contribution in [0.5, 0.6) is 5.75 Å². The van der Waals surface area contributed by atoms with Crippen LogP contribution in [0.3, 0.4) is 0 Å². The Morgan fingerprint density at radius 2 is 1.97 bits per heavy atom. The lowest BCUT2D eigenvalue weighted by Gasteiger charge is -2.27. The number of hydrogen-bond acceptors (Lipinski definition) is 5. The number of rotatable bonds is 5. The summed E-state index contributed by atoms with van der Waals surface area (Å²) in [4.78, 5) is 29.5. The highest BCUT2D eigenvalue weighted by molar-refractivity contribution is 5.94. The zero-order valence-electron chi connectivity index (χ0n) is 17.9. The first-order chi connectivity index (χ1) is 15.1. The highest BCUT2D eigenvalue weighted by atomic mass is 16.5. The minimum absolute atomic E-state index is 0.0260. The second-order valence-electron chi connectivity index (χ2n) is 7.85. The van der Waals surface area contributed by atoms with Crippen molar-refractivity contribution < 1.29 is 14.3 Å². The number of hydrogen-bond donors (Lipinski definition) is 0. The Morgan fingerprint density at radius 1 is 1.13 bits per heavy atom. The van der Waals surface area contributed by atoms with Crippen LogP contribution < -0.4 is 4.74 Å². The maximum atomic E-state index is 12.9. The largest absolute Gasteiger partial charge is 0.497 e. The maximum absolute atomic E-state index is 12.9. The molecule has 4 rings (SSSR count). The fourth-order valence-corrected chi connectivity index (χ4v) is 4.10. The van der Waals surface area contributed by atoms with Crippen molar-refractivity contribution in [3.05, 3.63) is 54.1 Å². The van der Waals surface area contributed by atoms with Crippen LogP contribution >= 0.6 is 0 Å². The average molecular weight is 422 g/mol. The van der Waals surface area contributed by atoms with Gasteiger partial charge >= 0.3 is 0 Å². The molecule has 0 spiro atoms. The molecule has 1 fully saturated rings. The van der Waals surface area contributed by atoms with Crippen LogP contribution in [0.25, 0.3) is 11.0 Å². The summed E-state index contributed by atoms with van der Waals surface area (Å²) >= 11 is 0. The first-order valence-electron chi connectivity index (χ1n) is 10.5. The van der Waals surface area contributed by atoms with Crippen molar-refractivity contribution in [1.82, 2.24) is 24.8 Å². The average Bonchev–Trinajstić information content (AvgIpc) is 3.04. The van der Waals surface area contributed by atoms with E-state index in [1.165, 1.54) is 0 Å². The molecular formula is C23H27N5O3. The summed E-state index contributed by atoms with van der Waals surface area (Å²) in [5.41, 5.74) is 2.24. The SMILES string of the molecule is COc1cccc(C(=O)N(C)[C@@H]2CCCN(C(=O)Cn3nnc4ccccc43)CC2)c1. The molecule has 8 heteroatoms. The molecule has 0 saturated carbocycles. The van der Waals surface area contributed by atoms with Crippen LogP contribution in [0, 0.1) is 0 Å². The Kier molecular flexibility index (Phi) is 6.16. The second-order valence-corrected chi connectivity index (χ2v) is 7.85. The minimum Gasteiger partial charge on any atom is -0.497 e. The van der Waals surface area contributed by atoms with Crippen LogP contribution in [0.1, 0.15) is 29.6 Å². The number of methoxy groups -OCH3 is 1. The van der Waals surface area contributed by atoms with Crippen molar-refractivity contribution >= 4 is 22.8 Å². The summed E-state index contributed by atoms with van der Waals surface area (Å²) < 4.78 is 6.89. The van der Waals surface area contributed by atoms with E-state index in [0.717, 1.165) is 30.3 Å². The van der Waals surface area contributed by atoms with E-state index in [0.29, 0.717) is 24.4 Å². The number of likely N-dealkylation sites (tertiary alicyclic amines) is 1. The van der Waals surface area contributed by atoms with E-state index in [2.05, 4.69) is 10.3 Å². The van der Waals surface area contributed by atoms with Crippen LogP contribution in [0.4, 0.5) is 0 Å². The molecule has 0 unspecified atom stereocenters. The molecule has 2 amide bonds. The number of ether oxygens (including phenoxy) is 1. The number of benzene rings is 2. The lowest BCUT2D eigenvalue weighted by atomic mass is 10.1. The molecule has 2 heterocycles. The third-order valence-corrected chi connectivity index (χ3v) is 5.94. The van der Waals surface area contributed by atoms with Gasteiger partial charge in [-0.15, -0.1) is 5.10 Å². The van der Waals surface area contributed by atoms with Crippen molar-refractivity contribution in [2.45, 2.75) is 31.8 Å². The number of para-hydroxylation sites is 1. The summed E-state index contributed by atoms with van der Waals surface area (Å²) in [6.07, 6.45) is 2.46. The fraction of sp³-hybridized carbons (Fsp3) is 0.391. The third kappa shape index (κ3) is 4.52. The van der Waals surface area contributed by atoms with Gasteiger partial charge in [-0.1, -0.05) is 23.4 Å². The van der Waals surface area contributed by atoms with E-state index in [-0.39, 0.29) is 24.4 Å². The molecule has 1 saturated heterocycles. The van der Waals surface area contributed by atoms with Crippen molar-refractivity contribution in [2.75, 3.05) is 27.2 Å². The Labute approximate surface area is 181 Å². The van der Waals surface area contributed by atoms with Gasteiger partial charge in [0.05, 0.1) is 12.6 Å². The quantitative estimate of drug-likeness (QED) is 0.633. The molecule has 1 aliphatic rings. The van der Waals surface area contributed by atoms with Gasteiger partial charge in [-0.2, -0.15) is 0 Å². The van der Waals surface area contributed by atoms with Crippen LogP contribution in [0.15, 0.2) is 48.5 Å². The standard InChI is InChI=1S/C23H27N5O3/c1-26(23(30)17-7-5-9-19(15-17)31-2)18-8-6-13-27(14-12-18)22(29)16-28-21-11-4-3-10-20(21)24-25-28/h3-5,7,9-11,15,18H,6,8,12-14,16H2,1-2H3/t18-/m1/s1. The maximum Gasteiger partial charge on any atom is 0.253 e. The molecule has 8 nitrogen and oxygen atoms in total. The van der Waals surface area contributed by atoms with E-state index in [4.69, 9.17) is 4.74 Å². The minimum atomic E-state index is -0.0299. The number of aromatic nitrogens is 3. The van der Waals surface area contributed by atoms with Gasteiger partial charge in [0.2, 0.25) is 5.91 Å². The number of carbonyl (C=O) groups excluding carboxylic acids is 2. The van der Waals surface area contributed by atoms with E-state index >= 15 is 0 Å². The molecule has 2 aromatic carbocycles. The van der Waals surface area contributed by atoms with Crippen LogP contribution in [-0.4, -0.2) is 69.9 Å². The van der Waals surface area contributed by atoms with E-state index in [1.807, 2.05) is 48.3 Å². The Hall–Kier alpha value is -3.42. The van der Waals surface area contributed by atoms with Gasteiger partial charge in [0, 0.05) is 31.7 Å². The number of fused-ring (bicyclic) bond motifs is 1.